The number of benzene rings is 4. The van der Waals surface area contributed by atoms with Crippen LogP contribution in [0.2, 0.25) is 0 Å². The number of furan rings is 1. The van der Waals surface area contributed by atoms with Crippen molar-refractivity contribution >= 4 is 28.0 Å². The van der Waals surface area contributed by atoms with Crippen LogP contribution in [-0.2, 0) is 6.42 Å². The van der Waals surface area contributed by atoms with E-state index in [0.29, 0.717) is 17.5 Å². The minimum Gasteiger partial charge on any atom is -0.456 e. The second-order valence-electron chi connectivity index (χ2n) is 10.4. The number of allylic oxidation sites excluding steroid dienone is 10. The Labute approximate surface area is 263 Å². The highest BCUT2D eigenvalue weighted by atomic mass is 16.3. The molecule has 218 valence electrons. The van der Waals surface area contributed by atoms with E-state index in [9.17, 15) is 0 Å². The predicted molar refractivity (Wildman–Crippen MR) is 189 cm³/mol. The molecule has 0 saturated heterocycles. The molecule has 6 rings (SSSR count). The van der Waals surface area contributed by atoms with Gasteiger partial charge in [0.2, 0.25) is 0 Å². The van der Waals surface area contributed by atoms with E-state index in [0.717, 1.165) is 50.6 Å². The molecule has 0 aliphatic rings. The lowest BCUT2D eigenvalue weighted by molar-refractivity contribution is 0.669. The van der Waals surface area contributed by atoms with Crippen LogP contribution < -0.4 is 0 Å². The zero-order chi connectivity index (χ0) is 30.8. The Balaban J connectivity index is 1.42. The van der Waals surface area contributed by atoms with Gasteiger partial charge in [0.25, 0.3) is 0 Å². The van der Waals surface area contributed by atoms with Crippen molar-refractivity contribution in [2.45, 2.75) is 13.3 Å². The van der Waals surface area contributed by atoms with E-state index in [1.807, 2.05) is 98.0 Å². The molecule has 0 unspecified atom stereocenters. The highest BCUT2D eigenvalue weighted by Crippen LogP contribution is 2.37. The predicted octanol–water partition coefficient (Wildman–Crippen LogP) is 10.8. The minimum absolute atomic E-state index is 0.603. The quantitative estimate of drug-likeness (QED) is 0.151. The summed E-state index contributed by atoms with van der Waals surface area (Å²) in [5.41, 5.74) is 6.64. The minimum atomic E-state index is 0.603. The van der Waals surface area contributed by atoms with Crippen molar-refractivity contribution in [3.63, 3.8) is 0 Å². The second-order valence-corrected chi connectivity index (χ2v) is 10.4. The average Bonchev–Trinajstić information content (AvgIpc) is 3.47. The summed E-state index contributed by atoms with van der Waals surface area (Å²) < 4.78 is 6.35. The molecule has 0 fully saturated rings. The smallest absolute Gasteiger partial charge is 0.164 e. The summed E-state index contributed by atoms with van der Waals surface area (Å²) in [7, 11) is 0. The molecule has 0 N–H and O–H groups in total. The molecule has 0 radical (unpaired) electrons. The van der Waals surface area contributed by atoms with Crippen molar-refractivity contribution in [2.24, 2.45) is 0 Å². The first-order valence-electron chi connectivity index (χ1n) is 15.0. The largest absolute Gasteiger partial charge is 0.456 e. The SMILES string of the molecule is C=C/C=C\C=C/Cc1ccc(-c2nc(-c3ccccc3)nc(-c3cccc4oc5cc(/C=C/C=C\C=C/C)ccc5c34)n2)cc1. The monoisotopic (exact) mass is 583 g/mol. The molecule has 4 heteroatoms. The Bertz CT molecular complexity index is 2090. The summed E-state index contributed by atoms with van der Waals surface area (Å²) in [6, 6.07) is 30.8. The van der Waals surface area contributed by atoms with Gasteiger partial charge < -0.3 is 4.42 Å². The molecule has 2 aromatic heterocycles. The van der Waals surface area contributed by atoms with Crippen LogP contribution in [0, 0.1) is 0 Å². The van der Waals surface area contributed by atoms with Crippen LogP contribution in [0.4, 0.5) is 0 Å². The lowest BCUT2D eigenvalue weighted by Gasteiger charge is -2.09. The van der Waals surface area contributed by atoms with Gasteiger partial charge in [-0.05, 0) is 42.7 Å². The lowest BCUT2D eigenvalue weighted by atomic mass is 10.0. The van der Waals surface area contributed by atoms with Gasteiger partial charge in [0.15, 0.2) is 17.5 Å². The average molecular weight is 584 g/mol. The summed E-state index contributed by atoms with van der Waals surface area (Å²) >= 11 is 0. The highest BCUT2D eigenvalue weighted by molar-refractivity contribution is 6.12. The van der Waals surface area contributed by atoms with Gasteiger partial charge in [-0.25, -0.2) is 15.0 Å². The standard InChI is InChI=1S/C41H33N3O/c1-3-5-7-9-12-17-30-23-26-33(27-24-30)40-42-39(32-19-14-11-15-20-32)43-41(44-40)35-21-16-22-36-38(35)34-28-25-31(29-37(34)45-36)18-13-10-8-6-4-2/h3-16,18-29H,1,17H2,2H3/b6-4-,7-5-,10-8-,12-9-,18-13+. The van der Waals surface area contributed by atoms with Crippen LogP contribution in [0.5, 0.6) is 0 Å². The summed E-state index contributed by atoms with van der Waals surface area (Å²) in [5, 5.41) is 2.01. The number of rotatable bonds is 10. The van der Waals surface area contributed by atoms with Crippen molar-refractivity contribution < 1.29 is 4.42 Å². The van der Waals surface area contributed by atoms with Gasteiger partial charge in [-0.1, -0.05) is 146 Å². The van der Waals surface area contributed by atoms with Gasteiger partial charge in [-0.15, -0.1) is 0 Å². The second kappa shape index (κ2) is 14.1. The molecule has 4 aromatic carbocycles. The molecule has 45 heavy (non-hydrogen) atoms. The molecule has 0 aliphatic carbocycles. The maximum Gasteiger partial charge on any atom is 0.164 e. The van der Waals surface area contributed by atoms with E-state index < -0.39 is 0 Å². The van der Waals surface area contributed by atoms with Gasteiger partial charge in [0.05, 0.1) is 0 Å². The van der Waals surface area contributed by atoms with Crippen LogP contribution in [0.15, 0.2) is 163 Å². The van der Waals surface area contributed by atoms with Crippen molar-refractivity contribution in [1.82, 2.24) is 15.0 Å². The fourth-order valence-electron chi connectivity index (χ4n) is 5.10. The van der Waals surface area contributed by atoms with E-state index >= 15 is 0 Å². The third-order valence-electron chi connectivity index (χ3n) is 7.30. The zero-order valence-corrected chi connectivity index (χ0v) is 25.2. The van der Waals surface area contributed by atoms with Gasteiger partial charge in [0.1, 0.15) is 11.2 Å². The fourth-order valence-corrected chi connectivity index (χ4v) is 5.10. The van der Waals surface area contributed by atoms with Crippen LogP contribution in [0.1, 0.15) is 18.1 Å². The Kier molecular flexibility index (Phi) is 9.13. The molecular weight excluding hydrogens is 550 g/mol. The third-order valence-corrected chi connectivity index (χ3v) is 7.30. The van der Waals surface area contributed by atoms with Crippen LogP contribution in [-0.4, -0.2) is 15.0 Å². The summed E-state index contributed by atoms with van der Waals surface area (Å²) in [6.45, 7) is 5.70. The van der Waals surface area contributed by atoms with E-state index in [2.05, 4.69) is 67.3 Å². The molecule has 2 heterocycles. The third kappa shape index (κ3) is 6.87. The Hall–Kier alpha value is -5.87. The molecule has 0 aliphatic heterocycles. The number of hydrogen-bond donors (Lipinski definition) is 0. The number of fused-ring (bicyclic) bond motifs is 3. The molecule has 4 nitrogen and oxygen atoms in total. The molecule has 0 saturated carbocycles. The zero-order valence-electron chi connectivity index (χ0n) is 25.2. The van der Waals surface area contributed by atoms with Gasteiger partial charge in [-0.3, -0.25) is 0 Å². The normalized spacial score (nSPS) is 12.3. The maximum atomic E-state index is 6.35. The fraction of sp³-hybridized carbons (Fsp3) is 0.0488. The molecule has 0 atom stereocenters. The molecule has 0 spiro atoms. The van der Waals surface area contributed by atoms with Crippen LogP contribution in [0.3, 0.4) is 0 Å². The van der Waals surface area contributed by atoms with E-state index in [1.165, 1.54) is 5.56 Å². The first-order chi connectivity index (χ1) is 22.2. The van der Waals surface area contributed by atoms with Crippen molar-refractivity contribution in [3.05, 3.63) is 169 Å². The molecule has 6 aromatic rings. The molecule has 0 amide bonds. The van der Waals surface area contributed by atoms with Crippen LogP contribution >= 0.6 is 0 Å². The molecule has 0 bridgehead atoms. The number of aromatic nitrogens is 3. The van der Waals surface area contributed by atoms with Gasteiger partial charge >= 0.3 is 0 Å². The van der Waals surface area contributed by atoms with Gasteiger partial charge in [0, 0.05) is 27.5 Å². The highest BCUT2D eigenvalue weighted by Gasteiger charge is 2.17. The van der Waals surface area contributed by atoms with Gasteiger partial charge in [-0.2, -0.15) is 0 Å². The first-order valence-corrected chi connectivity index (χ1v) is 15.0. The topological polar surface area (TPSA) is 51.8 Å². The number of hydrogen-bond acceptors (Lipinski definition) is 4. The van der Waals surface area contributed by atoms with E-state index in [-0.39, 0.29) is 0 Å². The summed E-state index contributed by atoms with van der Waals surface area (Å²) in [5.74, 6) is 1.85. The van der Waals surface area contributed by atoms with E-state index in [1.54, 1.807) is 6.08 Å². The molecular formula is C41H33N3O. The van der Waals surface area contributed by atoms with Crippen molar-refractivity contribution in [1.29, 1.82) is 0 Å². The summed E-state index contributed by atoms with van der Waals surface area (Å²) in [6.07, 6.45) is 22.8. The first kappa shape index (κ1) is 29.2. The maximum absolute atomic E-state index is 6.35. The lowest BCUT2D eigenvalue weighted by Crippen LogP contribution is -2.00. The van der Waals surface area contributed by atoms with E-state index in [4.69, 9.17) is 19.4 Å². The Morgan fingerprint density at radius 3 is 2.16 bits per heavy atom. The summed E-state index contributed by atoms with van der Waals surface area (Å²) in [4.78, 5) is 14.9. The van der Waals surface area contributed by atoms with Crippen LogP contribution in [0.25, 0.3) is 62.2 Å². The Morgan fingerprint density at radius 1 is 0.644 bits per heavy atom. The van der Waals surface area contributed by atoms with Crippen molar-refractivity contribution in [2.75, 3.05) is 0 Å². The van der Waals surface area contributed by atoms with Crippen molar-refractivity contribution in [3.8, 4) is 34.2 Å². The Morgan fingerprint density at radius 2 is 1.38 bits per heavy atom. The number of nitrogens with zero attached hydrogens (tertiary/aromatic N) is 3.